The number of benzene rings is 2. The van der Waals surface area contributed by atoms with Crippen molar-refractivity contribution in [1.29, 1.82) is 0 Å². The van der Waals surface area contributed by atoms with Gasteiger partial charge in [-0.1, -0.05) is 35.3 Å². The summed E-state index contributed by atoms with van der Waals surface area (Å²) in [5.74, 6) is -1.37. The zero-order valence-electron chi connectivity index (χ0n) is 16.2. The number of aromatic nitrogens is 1. The first-order valence-corrected chi connectivity index (χ1v) is 9.54. The van der Waals surface area contributed by atoms with Gasteiger partial charge >= 0.3 is 17.6 Å². The number of nitro benzene ring substituents is 1. The van der Waals surface area contributed by atoms with Gasteiger partial charge in [0.25, 0.3) is 0 Å². The molecule has 0 fully saturated rings. The van der Waals surface area contributed by atoms with Crippen LogP contribution < -0.4 is 9.47 Å². The van der Waals surface area contributed by atoms with Crippen LogP contribution in [0, 0.1) is 10.1 Å². The summed E-state index contributed by atoms with van der Waals surface area (Å²) in [4.78, 5) is 37.9. The number of ether oxygens (including phenoxy) is 2. The van der Waals surface area contributed by atoms with Gasteiger partial charge in [-0.05, 0) is 30.4 Å². The number of esters is 2. The molecule has 0 aliphatic heterocycles. The highest BCUT2D eigenvalue weighted by molar-refractivity contribution is 6.39. The molecule has 31 heavy (non-hydrogen) atoms. The summed E-state index contributed by atoms with van der Waals surface area (Å²) >= 11 is 12.4. The zero-order chi connectivity index (χ0) is 22.7. The molecule has 1 heterocycles. The number of carbonyl (C=O) groups is 2. The minimum Gasteiger partial charge on any atom is -0.423 e. The monoisotopic (exact) mass is 460 g/mol. The van der Waals surface area contributed by atoms with Crippen LogP contribution in [-0.2, 0) is 9.59 Å². The predicted octanol–water partition coefficient (Wildman–Crippen LogP) is 5.47. The van der Waals surface area contributed by atoms with E-state index >= 15 is 0 Å². The molecule has 0 spiro atoms. The molecule has 3 aromatic rings. The van der Waals surface area contributed by atoms with Crippen LogP contribution in [0.2, 0.25) is 10.0 Å². The lowest BCUT2D eigenvalue weighted by molar-refractivity contribution is -0.385. The maximum Gasteiger partial charge on any atom is 0.312 e. The lowest BCUT2D eigenvalue weighted by atomic mass is 10.1. The maximum absolute atomic E-state index is 11.5. The molecule has 158 valence electrons. The van der Waals surface area contributed by atoms with Crippen LogP contribution >= 0.6 is 23.2 Å². The summed E-state index contributed by atoms with van der Waals surface area (Å²) in [7, 11) is 0. The number of pyridine rings is 1. The second-order valence-corrected chi connectivity index (χ2v) is 7.09. The standard InChI is InChI=1S/C21H14Cl2N2O6/c1-11(26)30-20-13(4-3-5-18(20)25(28)29)6-7-14-8-9-15-16(22)10-17(23)21(19(15)24-14)31-12(2)27/h3-10H,1-2H3/b7-6+. The van der Waals surface area contributed by atoms with E-state index in [1.807, 2.05) is 0 Å². The topological polar surface area (TPSA) is 109 Å². The van der Waals surface area contributed by atoms with Crippen molar-refractivity contribution in [2.75, 3.05) is 0 Å². The van der Waals surface area contributed by atoms with Gasteiger partial charge in [0.15, 0.2) is 5.75 Å². The Labute approximate surface area is 186 Å². The van der Waals surface area contributed by atoms with Gasteiger partial charge in [0.2, 0.25) is 5.75 Å². The van der Waals surface area contributed by atoms with Gasteiger partial charge in [0.1, 0.15) is 5.52 Å². The van der Waals surface area contributed by atoms with Crippen molar-refractivity contribution < 1.29 is 24.0 Å². The van der Waals surface area contributed by atoms with Crippen LogP contribution in [0.4, 0.5) is 5.69 Å². The molecule has 0 saturated heterocycles. The van der Waals surface area contributed by atoms with Crippen molar-refractivity contribution in [2.24, 2.45) is 0 Å². The lowest BCUT2D eigenvalue weighted by Crippen LogP contribution is -2.05. The van der Waals surface area contributed by atoms with Gasteiger partial charge in [-0.2, -0.15) is 0 Å². The third-order valence-corrected chi connectivity index (χ3v) is 4.60. The van der Waals surface area contributed by atoms with Crippen molar-refractivity contribution in [3.63, 3.8) is 0 Å². The van der Waals surface area contributed by atoms with Gasteiger partial charge in [-0.25, -0.2) is 4.98 Å². The number of para-hydroxylation sites is 1. The van der Waals surface area contributed by atoms with E-state index < -0.39 is 16.9 Å². The number of nitro groups is 1. The van der Waals surface area contributed by atoms with Crippen LogP contribution in [0.5, 0.6) is 11.5 Å². The lowest BCUT2D eigenvalue weighted by Gasteiger charge is -2.10. The summed E-state index contributed by atoms with van der Waals surface area (Å²) in [6.07, 6.45) is 3.06. The van der Waals surface area contributed by atoms with E-state index in [4.69, 9.17) is 32.7 Å². The third-order valence-electron chi connectivity index (χ3n) is 4.01. The summed E-state index contributed by atoms with van der Waals surface area (Å²) in [5, 5.41) is 12.3. The van der Waals surface area contributed by atoms with Gasteiger partial charge in [-0.15, -0.1) is 0 Å². The Bertz CT molecular complexity index is 1260. The second-order valence-electron chi connectivity index (χ2n) is 6.27. The Morgan fingerprint density at radius 1 is 1.00 bits per heavy atom. The normalized spacial score (nSPS) is 11.0. The molecule has 3 rings (SSSR count). The maximum atomic E-state index is 11.5. The molecule has 0 aliphatic carbocycles. The minimum absolute atomic E-state index is 0.0692. The molecule has 0 bridgehead atoms. The van der Waals surface area contributed by atoms with Crippen LogP contribution in [0.25, 0.3) is 23.1 Å². The summed E-state index contributed by atoms with van der Waals surface area (Å²) in [6.45, 7) is 2.39. The number of fused-ring (bicyclic) bond motifs is 1. The Morgan fingerprint density at radius 3 is 2.32 bits per heavy atom. The Balaban J connectivity index is 2.10. The minimum atomic E-state index is -0.692. The van der Waals surface area contributed by atoms with Crippen LogP contribution in [0.1, 0.15) is 25.1 Å². The van der Waals surface area contributed by atoms with Crippen molar-refractivity contribution in [1.82, 2.24) is 4.98 Å². The molecule has 0 radical (unpaired) electrons. The number of rotatable bonds is 5. The average Bonchev–Trinajstić information content (AvgIpc) is 2.69. The fraction of sp³-hybridized carbons (Fsp3) is 0.0952. The van der Waals surface area contributed by atoms with E-state index in [-0.39, 0.29) is 27.7 Å². The first-order chi connectivity index (χ1) is 14.7. The van der Waals surface area contributed by atoms with Crippen molar-refractivity contribution in [2.45, 2.75) is 13.8 Å². The quantitative estimate of drug-likeness (QED) is 0.215. The fourth-order valence-electron chi connectivity index (χ4n) is 2.79. The molecule has 0 atom stereocenters. The highest BCUT2D eigenvalue weighted by Gasteiger charge is 2.20. The van der Waals surface area contributed by atoms with Gasteiger partial charge in [0, 0.05) is 30.9 Å². The smallest absolute Gasteiger partial charge is 0.312 e. The molecule has 8 nitrogen and oxygen atoms in total. The van der Waals surface area contributed by atoms with E-state index in [0.717, 1.165) is 6.92 Å². The van der Waals surface area contributed by atoms with Crippen molar-refractivity contribution >= 4 is 63.9 Å². The van der Waals surface area contributed by atoms with E-state index in [1.54, 1.807) is 24.3 Å². The predicted molar refractivity (Wildman–Crippen MR) is 116 cm³/mol. The summed E-state index contributed by atoms with van der Waals surface area (Å²) in [6, 6.07) is 9.04. The highest BCUT2D eigenvalue weighted by Crippen LogP contribution is 2.38. The number of hydrogen-bond donors (Lipinski definition) is 0. The molecule has 0 aliphatic rings. The van der Waals surface area contributed by atoms with E-state index in [1.165, 1.54) is 31.2 Å². The van der Waals surface area contributed by atoms with Gasteiger partial charge < -0.3 is 9.47 Å². The first kappa shape index (κ1) is 22.2. The Hall–Kier alpha value is -3.49. The third kappa shape index (κ3) is 4.99. The fourth-order valence-corrected chi connectivity index (χ4v) is 3.34. The number of hydrogen-bond acceptors (Lipinski definition) is 7. The zero-order valence-corrected chi connectivity index (χ0v) is 17.7. The second kappa shape index (κ2) is 9.11. The number of halogens is 2. The van der Waals surface area contributed by atoms with Crippen molar-refractivity contribution in [3.8, 4) is 11.5 Å². The molecule has 0 unspecified atom stereocenters. The Morgan fingerprint density at radius 2 is 1.68 bits per heavy atom. The van der Waals surface area contributed by atoms with E-state index in [0.29, 0.717) is 21.7 Å². The molecular formula is C21H14Cl2N2O6. The molecular weight excluding hydrogens is 447 g/mol. The van der Waals surface area contributed by atoms with Crippen LogP contribution in [0.15, 0.2) is 36.4 Å². The highest BCUT2D eigenvalue weighted by atomic mass is 35.5. The summed E-state index contributed by atoms with van der Waals surface area (Å²) in [5.41, 5.74) is 0.642. The average molecular weight is 461 g/mol. The molecule has 0 amide bonds. The molecule has 2 aromatic carbocycles. The van der Waals surface area contributed by atoms with Gasteiger partial charge in [-0.3, -0.25) is 19.7 Å². The first-order valence-electron chi connectivity index (χ1n) is 8.78. The van der Waals surface area contributed by atoms with Crippen LogP contribution in [-0.4, -0.2) is 21.8 Å². The molecule has 0 N–H and O–H groups in total. The van der Waals surface area contributed by atoms with Crippen LogP contribution in [0.3, 0.4) is 0 Å². The van der Waals surface area contributed by atoms with E-state index in [2.05, 4.69) is 4.98 Å². The molecule has 0 saturated carbocycles. The number of nitrogens with zero attached hydrogens (tertiary/aromatic N) is 2. The van der Waals surface area contributed by atoms with Crippen molar-refractivity contribution in [3.05, 3.63) is 67.8 Å². The van der Waals surface area contributed by atoms with E-state index in [9.17, 15) is 19.7 Å². The molecule has 1 aromatic heterocycles. The van der Waals surface area contributed by atoms with Gasteiger partial charge in [0.05, 0.1) is 20.7 Å². The summed E-state index contributed by atoms with van der Waals surface area (Å²) < 4.78 is 10.2. The largest absolute Gasteiger partial charge is 0.423 e. The number of carbonyl (C=O) groups excluding carboxylic acids is 2. The molecule has 10 heteroatoms. The SMILES string of the molecule is CC(=O)Oc1c(/C=C/c2ccc3c(Cl)cc(Cl)c(OC(C)=O)c3n2)cccc1[N+](=O)[O-]. The Kier molecular flexibility index (Phi) is 6.53.